The van der Waals surface area contributed by atoms with Crippen LogP contribution in [0.4, 0.5) is 10.5 Å². The van der Waals surface area contributed by atoms with E-state index in [4.69, 9.17) is 11.6 Å². The Bertz CT molecular complexity index is 456. The third-order valence-corrected chi connectivity index (χ3v) is 3.17. The molecule has 0 saturated carbocycles. The summed E-state index contributed by atoms with van der Waals surface area (Å²) in [5.74, 6) is 0.451. The fourth-order valence-electron chi connectivity index (χ4n) is 1.93. The first-order chi connectivity index (χ1) is 8.43. The quantitative estimate of drug-likeness (QED) is 0.837. The van der Waals surface area contributed by atoms with Crippen molar-refractivity contribution in [3.8, 4) is 0 Å². The largest absolute Gasteiger partial charge is 0.340 e. The monoisotopic (exact) mass is 267 g/mol. The van der Waals surface area contributed by atoms with Gasteiger partial charge in [0, 0.05) is 11.6 Å². The zero-order valence-corrected chi connectivity index (χ0v) is 11.7. The molecule has 0 bridgehead atoms. The highest BCUT2D eigenvalue weighted by molar-refractivity contribution is 6.17. The smallest absolute Gasteiger partial charge is 0.278 e. The number of hydrazine groups is 1. The van der Waals surface area contributed by atoms with Crippen molar-refractivity contribution in [3.05, 3.63) is 29.8 Å². The Labute approximate surface area is 112 Å². The molecule has 0 atom stereocenters. The van der Waals surface area contributed by atoms with E-state index in [9.17, 15) is 4.79 Å². The molecule has 1 fully saturated rings. The van der Waals surface area contributed by atoms with Gasteiger partial charge in [0.15, 0.2) is 0 Å². The summed E-state index contributed by atoms with van der Waals surface area (Å²) in [5.41, 5.74) is 4.75. The zero-order valence-electron chi connectivity index (χ0n) is 10.9. The number of urea groups is 1. The van der Waals surface area contributed by atoms with Crippen molar-refractivity contribution >= 4 is 23.3 Å². The summed E-state index contributed by atoms with van der Waals surface area (Å²) >= 11 is 5.81. The molecule has 0 unspecified atom stereocenters. The molecule has 5 heteroatoms. The Morgan fingerprint density at radius 2 is 2.11 bits per heavy atom. The Balaban J connectivity index is 2.23. The number of halogens is 1. The molecule has 0 spiro atoms. The van der Waals surface area contributed by atoms with E-state index in [0.29, 0.717) is 12.5 Å². The van der Waals surface area contributed by atoms with Crippen molar-refractivity contribution in [2.24, 2.45) is 0 Å². The van der Waals surface area contributed by atoms with Gasteiger partial charge >= 0.3 is 6.03 Å². The summed E-state index contributed by atoms with van der Waals surface area (Å²) in [5, 5.41) is 1.65. The number of hydrogen-bond donors (Lipinski definition) is 1. The molecule has 0 aliphatic carbocycles. The van der Waals surface area contributed by atoms with Gasteiger partial charge in [0.2, 0.25) is 0 Å². The zero-order chi connectivity index (χ0) is 13.3. The topological polar surface area (TPSA) is 35.6 Å². The lowest BCUT2D eigenvalue weighted by atomic mass is 10.1. The highest BCUT2D eigenvalue weighted by Crippen LogP contribution is 2.24. The van der Waals surface area contributed by atoms with Crippen molar-refractivity contribution in [3.63, 3.8) is 0 Å². The standard InChI is InChI=1S/C13H18ClN3O/c1-13(2,3)17-12(18)16(9-15-17)11-6-4-5-10(7-11)8-14/h4-7,15H,8-9H2,1-3H3. The van der Waals surface area contributed by atoms with Crippen LogP contribution in [0.25, 0.3) is 0 Å². The number of rotatable bonds is 2. The number of anilines is 1. The molecule has 0 aromatic heterocycles. The molecular weight excluding hydrogens is 250 g/mol. The van der Waals surface area contributed by atoms with E-state index in [1.165, 1.54) is 0 Å². The lowest BCUT2D eigenvalue weighted by molar-refractivity contribution is 0.135. The van der Waals surface area contributed by atoms with E-state index >= 15 is 0 Å². The summed E-state index contributed by atoms with van der Waals surface area (Å²) in [6, 6.07) is 7.70. The fourth-order valence-corrected chi connectivity index (χ4v) is 2.10. The van der Waals surface area contributed by atoms with Crippen LogP contribution >= 0.6 is 11.6 Å². The van der Waals surface area contributed by atoms with Crippen LogP contribution in [-0.4, -0.2) is 23.2 Å². The van der Waals surface area contributed by atoms with Crippen LogP contribution in [0.1, 0.15) is 26.3 Å². The van der Waals surface area contributed by atoms with Crippen LogP contribution in [0, 0.1) is 0 Å². The van der Waals surface area contributed by atoms with E-state index in [-0.39, 0.29) is 11.6 Å². The Kier molecular flexibility index (Phi) is 3.50. The van der Waals surface area contributed by atoms with Crippen molar-refractivity contribution < 1.29 is 4.79 Å². The number of carbonyl (C=O) groups is 1. The second kappa shape index (κ2) is 4.78. The first-order valence-electron chi connectivity index (χ1n) is 5.93. The molecule has 18 heavy (non-hydrogen) atoms. The number of benzene rings is 1. The first kappa shape index (κ1) is 13.2. The molecule has 1 heterocycles. The molecule has 1 N–H and O–H groups in total. The molecule has 4 nitrogen and oxygen atoms in total. The summed E-state index contributed by atoms with van der Waals surface area (Å²) in [6.45, 7) is 6.48. The van der Waals surface area contributed by atoms with Crippen LogP contribution in [-0.2, 0) is 5.88 Å². The molecule has 2 amide bonds. The number of nitrogens with one attached hydrogen (secondary N) is 1. The van der Waals surface area contributed by atoms with Gasteiger partial charge in [0.25, 0.3) is 0 Å². The molecule has 1 aliphatic heterocycles. The summed E-state index contributed by atoms with van der Waals surface area (Å²) in [7, 11) is 0. The van der Waals surface area contributed by atoms with E-state index in [1.807, 2.05) is 45.0 Å². The van der Waals surface area contributed by atoms with E-state index in [0.717, 1.165) is 11.3 Å². The second-order valence-corrected chi connectivity index (χ2v) is 5.60. The molecule has 2 rings (SSSR count). The summed E-state index contributed by atoms with van der Waals surface area (Å²) in [4.78, 5) is 14.0. The Morgan fingerprint density at radius 1 is 1.39 bits per heavy atom. The Morgan fingerprint density at radius 3 is 2.67 bits per heavy atom. The summed E-state index contributed by atoms with van der Waals surface area (Å²) in [6.07, 6.45) is 0. The SMILES string of the molecule is CC(C)(C)N1NCN(c2cccc(CCl)c2)C1=O. The number of hydrogen-bond acceptors (Lipinski definition) is 2. The van der Waals surface area contributed by atoms with Gasteiger partial charge in [-0.25, -0.2) is 10.2 Å². The molecule has 1 aromatic rings. The van der Waals surface area contributed by atoms with Gasteiger partial charge in [-0.05, 0) is 38.5 Å². The highest BCUT2D eigenvalue weighted by atomic mass is 35.5. The van der Waals surface area contributed by atoms with Gasteiger partial charge in [-0.2, -0.15) is 0 Å². The lowest BCUT2D eigenvalue weighted by Crippen LogP contribution is -2.48. The number of nitrogens with zero attached hydrogens (tertiary/aromatic N) is 2. The van der Waals surface area contributed by atoms with Gasteiger partial charge < -0.3 is 0 Å². The number of amides is 2. The maximum atomic E-state index is 12.3. The maximum absolute atomic E-state index is 12.3. The van der Waals surface area contributed by atoms with Crippen LogP contribution in [0.5, 0.6) is 0 Å². The van der Waals surface area contributed by atoms with Crippen LogP contribution in [0.15, 0.2) is 24.3 Å². The fraction of sp³-hybridized carbons (Fsp3) is 0.462. The average Bonchev–Trinajstić information content (AvgIpc) is 2.71. The van der Waals surface area contributed by atoms with Gasteiger partial charge in [-0.3, -0.25) is 9.91 Å². The molecular formula is C13H18ClN3O. The Hall–Kier alpha value is -1.26. The minimum Gasteiger partial charge on any atom is -0.278 e. The molecule has 1 saturated heterocycles. The van der Waals surface area contributed by atoms with Gasteiger partial charge in [0.05, 0.1) is 12.2 Å². The normalized spacial score (nSPS) is 16.6. The van der Waals surface area contributed by atoms with Crippen molar-refractivity contribution in [1.82, 2.24) is 10.4 Å². The van der Waals surface area contributed by atoms with Gasteiger partial charge in [-0.1, -0.05) is 12.1 Å². The van der Waals surface area contributed by atoms with Crippen molar-refractivity contribution in [2.45, 2.75) is 32.2 Å². The van der Waals surface area contributed by atoms with Crippen molar-refractivity contribution in [1.29, 1.82) is 0 Å². The second-order valence-electron chi connectivity index (χ2n) is 5.34. The van der Waals surface area contributed by atoms with Crippen LogP contribution in [0.2, 0.25) is 0 Å². The number of alkyl halides is 1. The minimum absolute atomic E-state index is 0.0331. The highest BCUT2D eigenvalue weighted by Gasteiger charge is 2.36. The average molecular weight is 268 g/mol. The van der Waals surface area contributed by atoms with E-state index in [1.54, 1.807) is 9.91 Å². The van der Waals surface area contributed by atoms with E-state index in [2.05, 4.69) is 5.43 Å². The minimum atomic E-state index is -0.240. The molecule has 1 aromatic carbocycles. The van der Waals surface area contributed by atoms with Gasteiger partial charge in [-0.15, -0.1) is 11.6 Å². The maximum Gasteiger partial charge on any atom is 0.340 e. The third-order valence-electron chi connectivity index (χ3n) is 2.86. The molecule has 1 aliphatic rings. The van der Waals surface area contributed by atoms with Crippen LogP contribution < -0.4 is 10.3 Å². The molecule has 98 valence electrons. The first-order valence-corrected chi connectivity index (χ1v) is 6.47. The summed E-state index contributed by atoms with van der Waals surface area (Å²) < 4.78 is 0. The number of carbonyl (C=O) groups excluding carboxylic acids is 1. The van der Waals surface area contributed by atoms with Crippen LogP contribution in [0.3, 0.4) is 0 Å². The van der Waals surface area contributed by atoms with Crippen molar-refractivity contribution in [2.75, 3.05) is 11.6 Å². The third kappa shape index (κ3) is 2.44. The molecule has 0 radical (unpaired) electrons. The lowest BCUT2D eigenvalue weighted by Gasteiger charge is -2.30. The van der Waals surface area contributed by atoms with E-state index < -0.39 is 0 Å². The predicted octanol–water partition coefficient (Wildman–Crippen LogP) is 2.93. The van der Waals surface area contributed by atoms with Gasteiger partial charge in [0.1, 0.15) is 0 Å². The predicted molar refractivity (Wildman–Crippen MR) is 73.5 cm³/mol.